The molecule has 14 heteroatoms. The summed E-state index contributed by atoms with van der Waals surface area (Å²) >= 11 is 0. The summed E-state index contributed by atoms with van der Waals surface area (Å²) in [5, 5.41) is 43.4. The molecule has 1 fully saturated rings. The van der Waals surface area contributed by atoms with Gasteiger partial charge in [-0.25, -0.2) is 9.98 Å². The van der Waals surface area contributed by atoms with Crippen molar-refractivity contribution in [3.05, 3.63) is 80.3 Å². The third-order valence-electron chi connectivity index (χ3n) is 11.0. The molecule has 1 amide bonds. The van der Waals surface area contributed by atoms with Crippen molar-refractivity contribution in [2.45, 2.75) is 80.3 Å². The van der Waals surface area contributed by atoms with Gasteiger partial charge in [0.2, 0.25) is 5.91 Å². The summed E-state index contributed by atoms with van der Waals surface area (Å²) in [6.45, 7) is 14.1. The summed E-state index contributed by atoms with van der Waals surface area (Å²) in [6.07, 6.45) is 6.18. The number of aliphatic imine (C=N–C) groups is 4. The smallest absolute Gasteiger partial charge is 0.875 e. The minimum Gasteiger partial charge on any atom is -0.875 e. The fourth-order valence-electron chi connectivity index (χ4n) is 7.83. The molecule has 5 aliphatic rings. The van der Waals surface area contributed by atoms with E-state index in [4.69, 9.17) is 19.7 Å². The molecule has 8 bridgehead atoms. The van der Waals surface area contributed by atoms with Crippen molar-refractivity contribution in [1.29, 1.82) is 0 Å². The zero-order chi connectivity index (χ0) is 40.3. The number of hydrogen-bond acceptors (Lipinski definition) is 12. The summed E-state index contributed by atoms with van der Waals surface area (Å²) in [7, 11) is 5.14. The van der Waals surface area contributed by atoms with E-state index in [1.54, 1.807) is 13.8 Å². The molecule has 0 aliphatic carbocycles. The van der Waals surface area contributed by atoms with Crippen LogP contribution in [0.5, 0.6) is 0 Å². The molecular formula is C42H55N7O6Pd. The van der Waals surface area contributed by atoms with E-state index in [-0.39, 0.29) is 81.7 Å². The topological polar surface area (TPSA) is 186 Å². The Morgan fingerprint density at radius 1 is 1.04 bits per heavy atom. The number of aliphatic hydroxyl groups excluding tert-OH is 1. The van der Waals surface area contributed by atoms with Gasteiger partial charge in [-0.05, 0) is 88.6 Å². The van der Waals surface area contributed by atoms with Crippen LogP contribution in [0.2, 0.25) is 0 Å². The molecule has 0 unspecified atom stereocenters. The Balaban J connectivity index is 0.00000696. The van der Waals surface area contributed by atoms with Crippen LogP contribution >= 0.6 is 0 Å². The normalized spacial score (nSPS) is 24.9. The Kier molecular flexibility index (Phi) is 15.0. The maximum Gasteiger partial charge on any atom is 2.00 e. The van der Waals surface area contributed by atoms with E-state index in [1.807, 2.05) is 58.0 Å². The average molecular weight is 860 g/mol. The van der Waals surface area contributed by atoms with Crippen LogP contribution in [-0.4, -0.2) is 91.9 Å². The fraction of sp³-hybridized carbons (Fsp3) is 0.524. The number of nitrogens with one attached hydrogen (secondary N) is 2. The monoisotopic (exact) mass is 859 g/mol. The summed E-state index contributed by atoms with van der Waals surface area (Å²) in [5.41, 5.74) is 7.71. The maximum absolute atomic E-state index is 14.2. The number of allylic oxidation sites excluding steroid dienone is 10. The molecule has 5 rings (SSSR count). The van der Waals surface area contributed by atoms with Gasteiger partial charge in [-0.3, -0.25) is 19.6 Å². The molecule has 1 saturated heterocycles. The van der Waals surface area contributed by atoms with Gasteiger partial charge in [0.05, 0.1) is 54.7 Å². The van der Waals surface area contributed by atoms with Crippen LogP contribution in [0.3, 0.4) is 0 Å². The molecule has 5 aliphatic heterocycles. The SMILES string of the molecule is CC[C@H]1C2=CC3=NC(=C(CC(=O)OC)C4=NC(=CC5=C(C)/C(=C(/C)[O-])C(=N5)C=C(N2)[C@@H]1C)[C@@H](C)[C@@H]4CCC(=O)NC[C@@H](C)O)C(C([O-])=NCCN(C)C)=C3C.[Pd+2]. The number of esters is 1. The first kappa shape index (κ1) is 44.5. The second-order valence-electron chi connectivity index (χ2n) is 15.3. The number of ether oxygens (including phenoxy) is 1. The fourth-order valence-corrected chi connectivity index (χ4v) is 7.83. The average Bonchev–Trinajstić information content (AvgIpc) is 3.81. The van der Waals surface area contributed by atoms with E-state index in [0.717, 1.165) is 23.4 Å². The van der Waals surface area contributed by atoms with E-state index in [1.165, 1.54) is 7.11 Å². The molecule has 0 aromatic heterocycles. The number of amides is 1. The number of carbonyl (C=O) groups is 2. The number of fused-ring (bicyclic) bond motifs is 5. The standard InChI is InChI=1S/C42H57N7O6.Pd/c1-11-27-22(3)30-19-35-38(26(7)51)24(5)32(46-35)17-31-23(4)28(12-13-36(52)44-20-21(2)50)40(47-31)29(16-37(53)55-10)41-39(42(54)43-14-15-49(8)9)25(6)33(48-41)18-34(27)45-30;/h17-19,21-23,27-28,45,50-51H,11-16,20H2,1-10H3,(H,43,54)(H,44,52);/q;+2/p-2/b30-19?,31-17?,34-18?,38-26+,41-29?;/t21-,22-,23+,27-,28+;/m1./s1. The van der Waals surface area contributed by atoms with Gasteiger partial charge in [0.25, 0.3) is 0 Å². The molecule has 13 nitrogen and oxygen atoms in total. The van der Waals surface area contributed by atoms with Crippen LogP contribution < -0.4 is 20.8 Å². The zero-order valence-electron chi connectivity index (χ0n) is 34.1. The van der Waals surface area contributed by atoms with Crippen LogP contribution in [0.1, 0.15) is 74.1 Å². The molecule has 0 saturated carbocycles. The maximum atomic E-state index is 14.2. The Morgan fingerprint density at radius 2 is 1.73 bits per heavy atom. The van der Waals surface area contributed by atoms with Crippen molar-refractivity contribution in [2.24, 2.45) is 43.6 Å². The van der Waals surface area contributed by atoms with E-state index in [0.29, 0.717) is 69.5 Å². The first-order valence-corrected chi connectivity index (χ1v) is 19.2. The summed E-state index contributed by atoms with van der Waals surface area (Å²) < 4.78 is 5.21. The Morgan fingerprint density at radius 3 is 2.36 bits per heavy atom. The van der Waals surface area contributed by atoms with E-state index >= 15 is 0 Å². The molecule has 5 heterocycles. The van der Waals surface area contributed by atoms with Crippen LogP contribution in [0, 0.1) is 23.7 Å². The number of aliphatic hydroxyl groups is 1. The van der Waals surface area contributed by atoms with Gasteiger partial charge in [-0.2, -0.15) is 0 Å². The van der Waals surface area contributed by atoms with Gasteiger partial charge in [-0.1, -0.05) is 27.7 Å². The molecule has 0 aromatic carbocycles. The van der Waals surface area contributed by atoms with Gasteiger partial charge in [0, 0.05) is 71.4 Å². The van der Waals surface area contributed by atoms with Gasteiger partial charge in [0.1, 0.15) is 0 Å². The van der Waals surface area contributed by atoms with Gasteiger partial charge < -0.3 is 35.6 Å². The third-order valence-corrected chi connectivity index (χ3v) is 11.0. The van der Waals surface area contributed by atoms with Crippen LogP contribution in [0.25, 0.3) is 0 Å². The second kappa shape index (κ2) is 18.8. The van der Waals surface area contributed by atoms with Crippen molar-refractivity contribution in [1.82, 2.24) is 15.5 Å². The number of methoxy groups -OCH3 is 1. The number of likely N-dealkylation sites (N-methyl/N-ethyl adjacent to an activating group) is 1. The van der Waals surface area contributed by atoms with Crippen LogP contribution in [-0.2, 0) is 34.7 Å². The van der Waals surface area contributed by atoms with Crippen molar-refractivity contribution in [2.75, 3.05) is 40.8 Å². The van der Waals surface area contributed by atoms with Gasteiger partial charge in [-0.15, -0.1) is 5.76 Å². The van der Waals surface area contributed by atoms with Gasteiger partial charge in [0.15, 0.2) is 0 Å². The largest absolute Gasteiger partial charge is 2.00 e. The van der Waals surface area contributed by atoms with Crippen LogP contribution in [0.4, 0.5) is 0 Å². The van der Waals surface area contributed by atoms with Gasteiger partial charge >= 0.3 is 26.4 Å². The predicted octanol–water partition coefficient (Wildman–Crippen LogP) is 3.17. The summed E-state index contributed by atoms with van der Waals surface area (Å²) in [6, 6.07) is 0. The quantitative estimate of drug-likeness (QED) is 0.0879. The first-order chi connectivity index (χ1) is 26.1. The van der Waals surface area contributed by atoms with Crippen molar-refractivity contribution in [3.8, 4) is 0 Å². The summed E-state index contributed by atoms with van der Waals surface area (Å²) in [5.74, 6) is -1.77. The predicted molar refractivity (Wildman–Crippen MR) is 212 cm³/mol. The molecule has 0 radical (unpaired) electrons. The second-order valence-corrected chi connectivity index (χ2v) is 15.3. The number of rotatable bonds is 12. The minimum absolute atomic E-state index is 0. The first-order valence-electron chi connectivity index (χ1n) is 19.2. The van der Waals surface area contributed by atoms with E-state index in [9.17, 15) is 24.9 Å². The van der Waals surface area contributed by atoms with Crippen LogP contribution in [0.15, 0.2) is 100 Å². The summed E-state index contributed by atoms with van der Waals surface area (Å²) in [4.78, 5) is 48.0. The van der Waals surface area contributed by atoms with E-state index < -0.39 is 18.0 Å². The minimum atomic E-state index is -0.700. The molecular weight excluding hydrogens is 805 g/mol. The van der Waals surface area contributed by atoms with Crippen molar-refractivity contribution in [3.63, 3.8) is 0 Å². The number of carbonyl (C=O) groups excluding carboxylic acids is 2. The van der Waals surface area contributed by atoms with Crippen molar-refractivity contribution >= 4 is 34.9 Å². The van der Waals surface area contributed by atoms with Crippen molar-refractivity contribution < 1.29 is 50.1 Å². The molecule has 5 atom stereocenters. The Labute approximate surface area is 344 Å². The molecule has 0 spiro atoms. The molecule has 0 aromatic rings. The Hall–Kier alpha value is -4.22. The van der Waals surface area contributed by atoms with E-state index in [2.05, 4.69) is 29.5 Å². The molecule has 304 valence electrons. The molecule has 56 heavy (non-hydrogen) atoms. The molecule has 3 N–H and O–H groups in total. The zero-order valence-corrected chi connectivity index (χ0v) is 35.7. The number of hydrogen-bond donors (Lipinski definition) is 3. The number of nitrogens with zero attached hydrogens (tertiary/aromatic N) is 5. The Bertz CT molecular complexity index is 1970. The third kappa shape index (κ3) is 9.48.